The Morgan fingerprint density at radius 1 is 1.06 bits per heavy atom. The van der Waals surface area contributed by atoms with Crippen LogP contribution in [0.25, 0.3) is 0 Å². The predicted molar refractivity (Wildman–Crippen MR) is 121 cm³/mol. The average Bonchev–Trinajstić information content (AvgIpc) is 3.01. The SMILES string of the molecule is COC(=O)CN1C(=O)N(CCc2ccccc2)C2(CCN(CC3CCCCC3)CC2)C1=O. The van der Waals surface area contributed by atoms with E-state index in [-0.39, 0.29) is 18.5 Å². The molecule has 174 valence electrons. The molecule has 1 spiro atoms. The van der Waals surface area contributed by atoms with Crippen LogP contribution < -0.4 is 0 Å². The Hall–Kier alpha value is -2.41. The minimum Gasteiger partial charge on any atom is -0.468 e. The molecule has 7 heteroatoms. The van der Waals surface area contributed by atoms with Crippen LogP contribution in [-0.4, -0.2) is 78.0 Å². The van der Waals surface area contributed by atoms with Gasteiger partial charge in [-0.15, -0.1) is 0 Å². The number of hydrogen-bond donors (Lipinski definition) is 0. The molecule has 2 aliphatic heterocycles. The molecule has 2 saturated heterocycles. The number of esters is 1. The van der Waals surface area contributed by atoms with Crippen LogP contribution in [-0.2, 0) is 20.7 Å². The van der Waals surface area contributed by atoms with Gasteiger partial charge in [-0.25, -0.2) is 4.79 Å². The average molecular weight is 442 g/mol. The fourth-order valence-corrected chi connectivity index (χ4v) is 5.63. The molecule has 1 saturated carbocycles. The van der Waals surface area contributed by atoms with Crippen LogP contribution in [0.15, 0.2) is 30.3 Å². The van der Waals surface area contributed by atoms with Gasteiger partial charge in [-0.05, 0) is 43.6 Å². The second kappa shape index (κ2) is 10.0. The molecule has 0 atom stereocenters. The van der Waals surface area contributed by atoms with Gasteiger partial charge in [0, 0.05) is 26.2 Å². The number of benzene rings is 1. The van der Waals surface area contributed by atoms with E-state index in [0.29, 0.717) is 25.8 Å². The molecule has 3 fully saturated rings. The van der Waals surface area contributed by atoms with E-state index in [1.165, 1.54) is 39.2 Å². The molecule has 1 aromatic carbocycles. The van der Waals surface area contributed by atoms with E-state index in [1.54, 1.807) is 4.90 Å². The van der Waals surface area contributed by atoms with E-state index in [4.69, 9.17) is 4.74 Å². The Morgan fingerprint density at radius 3 is 2.41 bits per heavy atom. The van der Waals surface area contributed by atoms with Crippen LogP contribution in [0.5, 0.6) is 0 Å². The molecule has 1 aromatic rings. The number of rotatable bonds is 7. The highest BCUT2D eigenvalue weighted by atomic mass is 16.5. The molecule has 2 heterocycles. The third-order valence-corrected chi connectivity index (χ3v) is 7.53. The van der Waals surface area contributed by atoms with Gasteiger partial charge in [0.05, 0.1) is 7.11 Å². The van der Waals surface area contributed by atoms with Crippen molar-refractivity contribution in [2.24, 2.45) is 5.92 Å². The third-order valence-electron chi connectivity index (χ3n) is 7.53. The van der Waals surface area contributed by atoms with E-state index in [0.717, 1.165) is 36.0 Å². The van der Waals surface area contributed by atoms with E-state index < -0.39 is 11.5 Å². The van der Waals surface area contributed by atoms with E-state index in [2.05, 4.69) is 4.90 Å². The van der Waals surface area contributed by atoms with Crippen molar-refractivity contribution in [2.75, 3.05) is 39.8 Å². The van der Waals surface area contributed by atoms with Crippen molar-refractivity contribution in [3.63, 3.8) is 0 Å². The summed E-state index contributed by atoms with van der Waals surface area (Å²) in [6, 6.07) is 9.64. The summed E-state index contributed by atoms with van der Waals surface area (Å²) < 4.78 is 4.74. The van der Waals surface area contributed by atoms with Gasteiger partial charge in [0.2, 0.25) is 0 Å². The number of carbonyl (C=O) groups excluding carboxylic acids is 3. The molecule has 0 radical (unpaired) electrons. The van der Waals surface area contributed by atoms with E-state index in [1.807, 2.05) is 30.3 Å². The van der Waals surface area contributed by atoms with Gasteiger partial charge in [-0.1, -0.05) is 49.6 Å². The number of carbonyl (C=O) groups is 3. The lowest BCUT2D eigenvalue weighted by Gasteiger charge is -2.43. The number of nitrogens with zero attached hydrogens (tertiary/aromatic N) is 3. The number of urea groups is 1. The first-order valence-electron chi connectivity index (χ1n) is 12.0. The molecule has 0 N–H and O–H groups in total. The van der Waals surface area contributed by atoms with Crippen molar-refractivity contribution in [2.45, 2.75) is 56.9 Å². The molecule has 0 bridgehead atoms. The van der Waals surface area contributed by atoms with Crippen LogP contribution in [0, 0.1) is 5.92 Å². The second-order valence-electron chi connectivity index (χ2n) is 9.47. The first kappa shape index (κ1) is 22.8. The van der Waals surface area contributed by atoms with Crippen molar-refractivity contribution in [3.05, 3.63) is 35.9 Å². The van der Waals surface area contributed by atoms with Crippen LogP contribution >= 0.6 is 0 Å². The molecule has 3 aliphatic rings. The minimum atomic E-state index is -0.844. The summed E-state index contributed by atoms with van der Waals surface area (Å²) in [7, 11) is 1.28. The van der Waals surface area contributed by atoms with Gasteiger partial charge in [-0.2, -0.15) is 0 Å². The Labute approximate surface area is 190 Å². The van der Waals surface area contributed by atoms with Crippen LogP contribution in [0.2, 0.25) is 0 Å². The summed E-state index contributed by atoms with van der Waals surface area (Å²) in [4.78, 5) is 44.0. The topological polar surface area (TPSA) is 70.2 Å². The number of piperidine rings is 1. The smallest absolute Gasteiger partial charge is 0.328 e. The van der Waals surface area contributed by atoms with Gasteiger partial charge < -0.3 is 14.5 Å². The van der Waals surface area contributed by atoms with Gasteiger partial charge in [0.25, 0.3) is 5.91 Å². The van der Waals surface area contributed by atoms with Crippen LogP contribution in [0.4, 0.5) is 4.79 Å². The molecule has 7 nitrogen and oxygen atoms in total. The van der Waals surface area contributed by atoms with E-state index >= 15 is 0 Å². The monoisotopic (exact) mass is 441 g/mol. The molecular weight excluding hydrogens is 406 g/mol. The maximum atomic E-state index is 13.5. The summed E-state index contributed by atoms with van der Waals surface area (Å²) >= 11 is 0. The first-order chi connectivity index (χ1) is 15.5. The van der Waals surface area contributed by atoms with Gasteiger partial charge in [0.15, 0.2) is 0 Å². The Balaban J connectivity index is 1.48. The minimum absolute atomic E-state index is 0.238. The van der Waals surface area contributed by atoms with Crippen molar-refractivity contribution in [1.82, 2.24) is 14.7 Å². The zero-order valence-electron chi connectivity index (χ0n) is 19.1. The maximum absolute atomic E-state index is 13.5. The number of likely N-dealkylation sites (tertiary alicyclic amines) is 1. The lowest BCUT2D eigenvalue weighted by atomic mass is 9.84. The van der Waals surface area contributed by atoms with Crippen molar-refractivity contribution in [1.29, 1.82) is 0 Å². The highest BCUT2D eigenvalue weighted by molar-refractivity contribution is 6.08. The molecule has 0 aromatic heterocycles. The number of imide groups is 1. The number of methoxy groups -OCH3 is 1. The molecule has 3 amide bonds. The summed E-state index contributed by atoms with van der Waals surface area (Å²) in [6.45, 7) is 2.86. The molecular formula is C25H35N3O4. The lowest BCUT2D eigenvalue weighted by Crippen LogP contribution is -2.57. The predicted octanol–water partition coefficient (Wildman–Crippen LogP) is 3.08. The van der Waals surface area contributed by atoms with Crippen LogP contribution in [0.1, 0.15) is 50.5 Å². The highest BCUT2D eigenvalue weighted by Gasteiger charge is 2.58. The fourth-order valence-electron chi connectivity index (χ4n) is 5.63. The van der Waals surface area contributed by atoms with Crippen molar-refractivity contribution < 1.29 is 19.1 Å². The standard InChI is InChI=1S/C25H35N3O4/c1-32-22(29)19-27-23(30)25(28(24(27)31)15-12-20-8-4-2-5-9-20)13-16-26(17-14-25)18-21-10-6-3-7-11-21/h2,4-5,8-9,21H,3,6-7,10-19H2,1H3. The fraction of sp³-hybridized carbons (Fsp3) is 0.640. The molecule has 4 rings (SSSR count). The summed E-state index contributed by atoms with van der Waals surface area (Å²) in [5, 5.41) is 0. The van der Waals surface area contributed by atoms with Gasteiger partial charge >= 0.3 is 12.0 Å². The maximum Gasteiger partial charge on any atom is 0.328 e. The molecule has 32 heavy (non-hydrogen) atoms. The zero-order valence-corrected chi connectivity index (χ0v) is 19.1. The Kier molecular flexibility index (Phi) is 7.13. The molecule has 1 aliphatic carbocycles. The summed E-state index contributed by atoms with van der Waals surface area (Å²) in [5.41, 5.74) is 0.284. The lowest BCUT2D eigenvalue weighted by molar-refractivity contribution is -0.146. The van der Waals surface area contributed by atoms with Crippen molar-refractivity contribution >= 4 is 17.9 Å². The first-order valence-corrected chi connectivity index (χ1v) is 12.0. The van der Waals surface area contributed by atoms with Crippen LogP contribution in [0.3, 0.4) is 0 Å². The quantitative estimate of drug-likeness (QED) is 0.480. The Bertz CT molecular complexity index is 814. The van der Waals surface area contributed by atoms with E-state index in [9.17, 15) is 14.4 Å². The van der Waals surface area contributed by atoms with Gasteiger partial charge in [-0.3, -0.25) is 14.5 Å². The zero-order chi connectivity index (χ0) is 22.6. The number of ether oxygens (including phenoxy) is 1. The second-order valence-corrected chi connectivity index (χ2v) is 9.47. The Morgan fingerprint density at radius 2 is 1.75 bits per heavy atom. The third kappa shape index (κ3) is 4.68. The van der Waals surface area contributed by atoms with Crippen molar-refractivity contribution in [3.8, 4) is 0 Å². The summed E-state index contributed by atoms with van der Waals surface area (Å²) in [6.07, 6.45) is 8.52. The largest absolute Gasteiger partial charge is 0.468 e. The number of amides is 3. The normalized spacial score (nSPS) is 22.0. The summed E-state index contributed by atoms with van der Waals surface area (Å²) in [5.74, 6) is -0.0523. The molecule has 0 unspecified atom stereocenters. The highest BCUT2D eigenvalue weighted by Crippen LogP contribution is 2.38. The van der Waals surface area contributed by atoms with Gasteiger partial charge in [0.1, 0.15) is 12.1 Å². The number of hydrogen-bond acceptors (Lipinski definition) is 5.